The van der Waals surface area contributed by atoms with Crippen LogP contribution in [0.3, 0.4) is 0 Å². The van der Waals surface area contributed by atoms with Gasteiger partial charge < -0.3 is 15.2 Å². The second-order valence-electron chi connectivity index (χ2n) is 5.47. The van der Waals surface area contributed by atoms with Crippen LogP contribution in [0.4, 0.5) is 10.2 Å². The third-order valence-electron chi connectivity index (χ3n) is 3.80. The first-order valence-electron chi connectivity index (χ1n) is 7.61. The van der Waals surface area contributed by atoms with Gasteiger partial charge in [-0.1, -0.05) is 0 Å². The monoisotopic (exact) mass is 343 g/mol. The highest BCUT2D eigenvalue weighted by Crippen LogP contribution is 2.32. The molecule has 0 spiro atoms. The number of aryl methyl sites for hydroxylation is 1. The molecular formula is C17H18FN5O2. The molecule has 0 aliphatic rings. The molecule has 1 atom stereocenters. The number of nitrogens with two attached hydrogens (primary N) is 1. The first-order valence-corrected chi connectivity index (χ1v) is 7.61. The Morgan fingerprint density at radius 1 is 1.16 bits per heavy atom. The van der Waals surface area contributed by atoms with Crippen molar-refractivity contribution in [2.24, 2.45) is 7.05 Å². The minimum absolute atomic E-state index is 0.146. The third kappa shape index (κ3) is 3.37. The molecule has 25 heavy (non-hydrogen) atoms. The van der Waals surface area contributed by atoms with Crippen LogP contribution in [0.15, 0.2) is 36.5 Å². The van der Waals surface area contributed by atoms with Crippen molar-refractivity contribution in [1.82, 2.24) is 20.0 Å². The number of hydrogen-bond donors (Lipinski definition) is 1. The summed E-state index contributed by atoms with van der Waals surface area (Å²) in [5.74, 6) is 0.655. The first-order chi connectivity index (χ1) is 12.0. The first kappa shape index (κ1) is 16.7. The van der Waals surface area contributed by atoms with E-state index in [1.54, 1.807) is 37.0 Å². The SMILES string of the molecule is COc1ccc(F)cc1C(C)Oc1cc(-c2ccnn2C)nnc1N. The van der Waals surface area contributed by atoms with Crippen LogP contribution in [0.5, 0.6) is 11.5 Å². The molecule has 2 N–H and O–H groups in total. The Morgan fingerprint density at radius 3 is 2.64 bits per heavy atom. The number of aromatic nitrogens is 4. The highest BCUT2D eigenvalue weighted by atomic mass is 19.1. The van der Waals surface area contributed by atoms with Gasteiger partial charge in [-0.25, -0.2) is 4.39 Å². The Morgan fingerprint density at radius 2 is 1.96 bits per heavy atom. The zero-order valence-corrected chi connectivity index (χ0v) is 14.1. The highest BCUT2D eigenvalue weighted by Gasteiger charge is 2.17. The molecule has 2 aromatic heterocycles. The number of benzene rings is 1. The van der Waals surface area contributed by atoms with Gasteiger partial charge in [0.05, 0.1) is 12.8 Å². The normalized spacial score (nSPS) is 12.0. The van der Waals surface area contributed by atoms with Gasteiger partial charge in [-0.2, -0.15) is 5.10 Å². The van der Waals surface area contributed by atoms with E-state index in [0.717, 1.165) is 5.69 Å². The van der Waals surface area contributed by atoms with Crippen LogP contribution in [-0.4, -0.2) is 27.1 Å². The summed E-state index contributed by atoms with van der Waals surface area (Å²) in [4.78, 5) is 0. The van der Waals surface area contributed by atoms with Gasteiger partial charge in [-0.05, 0) is 31.2 Å². The summed E-state index contributed by atoms with van der Waals surface area (Å²) in [5.41, 5.74) is 7.80. The van der Waals surface area contributed by atoms with Crippen LogP contribution in [0.1, 0.15) is 18.6 Å². The van der Waals surface area contributed by atoms with Crippen molar-refractivity contribution in [1.29, 1.82) is 0 Å². The molecule has 0 fully saturated rings. The number of halogens is 1. The molecule has 0 amide bonds. The number of rotatable bonds is 5. The van der Waals surface area contributed by atoms with E-state index in [0.29, 0.717) is 22.8 Å². The van der Waals surface area contributed by atoms with Crippen molar-refractivity contribution in [3.8, 4) is 22.9 Å². The van der Waals surface area contributed by atoms with E-state index >= 15 is 0 Å². The lowest BCUT2D eigenvalue weighted by molar-refractivity contribution is 0.221. The molecule has 130 valence electrons. The van der Waals surface area contributed by atoms with Crippen LogP contribution >= 0.6 is 0 Å². The molecule has 0 aliphatic carbocycles. The van der Waals surface area contributed by atoms with Crippen molar-refractivity contribution in [3.05, 3.63) is 47.9 Å². The number of hydrogen-bond acceptors (Lipinski definition) is 6. The van der Waals surface area contributed by atoms with E-state index in [9.17, 15) is 4.39 Å². The van der Waals surface area contributed by atoms with E-state index < -0.39 is 6.10 Å². The minimum atomic E-state index is -0.503. The molecule has 3 rings (SSSR count). The predicted molar refractivity (Wildman–Crippen MR) is 90.6 cm³/mol. The summed E-state index contributed by atoms with van der Waals surface area (Å²) < 4.78 is 26.4. The Kier molecular flexibility index (Phi) is 4.51. The van der Waals surface area contributed by atoms with Crippen LogP contribution < -0.4 is 15.2 Å². The van der Waals surface area contributed by atoms with Crippen LogP contribution in [0, 0.1) is 5.82 Å². The van der Waals surface area contributed by atoms with Crippen LogP contribution in [-0.2, 0) is 7.05 Å². The van der Waals surface area contributed by atoms with Gasteiger partial charge in [0, 0.05) is 24.9 Å². The van der Waals surface area contributed by atoms with Crippen molar-refractivity contribution < 1.29 is 13.9 Å². The van der Waals surface area contributed by atoms with Gasteiger partial charge in [0.1, 0.15) is 23.4 Å². The van der Waals surface area contributed by atoms with Gasteiger partial charge in [0.2, 0.25) is 0 Å². The van der Waals surface area contributed by atoms with Gasteiger partial charge in [0.25, 0.3) is 0 Å². The predicted octanol–water partition coefficient (Wildman–Crippen LogP) is 2.75. The highest BCUT2D eigenvalue weighted by molar-refractivity contribution is 5.59. The molecule has 0 aliphatic heterocycles. The molecule has 0 saturated carbocycles. The van der Waals surface area contributed by atoms with Crippen molar-refractivity contribution in [3.63, 3.8) is 0 Å². The van der Waals surface area contributed by atoms with E-state index in [1.807, 2.05) is 6.07 Å². The lowest BCUT2D eigenvalue weighted by atomic mass is 10.1. The fourth-order valence-electron chi connectivity index (χ4n) is 2.51. The summed E-state index contributed by atoms with van der Waals surface area (Å²) in [6, 6.07) is 7.75. The molecule has 8 heteroatoms. The summed E-state index contributed by atoms with van der Waals surface area (Å²) >= 11 is 0. The van der Waals surface area contributed by atoms with Crippen LogP contribution in [0.25, 0.3) is 11.4 Å². The smallest absolute Gasteiger partial charge is 0.188 e. The second-order valence-corrected chi connectivity index (χ2v) is 5.47. The maximum absolute atomic E-state index is 13.6. The lowest BCUT2D eigenvalue weighted by Crippen LogP contribution is -2.09. The van der Waals surface area contributed by atoms with Gasteiger partial charge >= 0.3 is 0 Å². The van der Waals surface area contributed by atoms with E-state index in [-0.39, 0.29) is 11.6 Å². The van der Waals surface area contributed by atoms with Gasteiger partial charge in [-0.15, -0.1) is 10.2 Å². The Balaban J connectivity index is 1.93. The average molecular weight is 343 g/mol. The number of ether oxygens (including phenoxy) is 2. The molecule has 2 heterocycles. The number of nitrogens with zero attached hydrogens (tertiary/aromatic N) is 4. The lowest BCUT2D eigenvalue weighted by Gasteiger charge is -2.18. The zero-order chi connectivity index (χ0) is 18.0. The standard InChI is InChI=1S/C17H18FN5O2/c1-10(12-8-11(18)4-5-15(12)24-3)25-16-9-13(21-22-17(16)19)14-6-7-20-23(14)2/h4-10H,1-3H3,(H2,19,22). The van der Waals surface area contributed by atoms with Gasteiger partial charge in [-0.3, -0.25) is 4.68 Å². The van der Waals surface area contributed by atoms with Crippen LogP contribution in [0.2, 0.25) is 0 Å². The maximum Gasteiger partial charge on any atom is 0.188 e. The molecule has 0 bridgehead atoms. The molecule has 1 unspecified atom stereocenters. The average Bonchev–Trinajstić information content (AvgIpc) is 3.02. The maximum atomic E-state index is 13.6. The Bertz CT molecular complexity index is 896. The topological polar surface area (TPSA) is 88.1 Å². The van der Waals surface area contributed by atoms with Crippen molar-refractivity contribution >= 4 is 5.82 Å². The molecule has 7 nitrogen and oxygen atoms in total. The van der Waals surface area contributed by atoms with E-state index in [2.05, 4.69) is 15.3 Å². The van der Waals surface area contributed by atoms with Crippen molar-refractivity contribution in [2.75, 3.05) is 12.8 Å². The quantitative estimate of drug-likeness (QED) is 0.766. The largest absolute Gasteiger partial charge is 0.496 e. The van der Waals surface area contributed by atoms with E-state index in [4.69, 9.17) is 15.2 Å². The fourth-order valence-corrected chi connectivity index (χ4v) is 2.51. The van der Waals surface area contributed by atoms with Crippen molar-refractivity contribution in [2.45, 2.75) is 13.0 Å². The summed E-state index contributed by atoms with van der Waals surface area (Å²) in [5, 5.41) is 12.1. The van der Waals surface area contributed by atoms with Gasteiger partial charge in [0.15, 0.2) is 11.6 Å². The van der Waals surface area contributed by atoms with E-state index in [1.165, 1.54) is 19.2 Å². The number of methoxy groups -OCH3 is 1. The minimum Gasteiger partial charge on any atom is -0.496 e. The second kappa shape index (κ2) is 6.76. The molecule has 3 aromatic rings. The summed E-state index contributed by atoms with van der Waals surface area (Å²) in [6.45, 7) is 1.78. The summed E-state index contributed by atoms with van der Waals surface area (Å²) in [6.07, 6.45) is 1.16. The molecule has 1 aromatic carbocycles. The Hall–Kier alpha value is -3.16. The molecular weight excluding hydrogens is 325 g/mol. The fraction of sp³-hybridized carbons (Fsp3) is 0.235. The third-order valence-corrected chi connectivity index (χ3v) is 3.80. The number of anilines is 1. The molecule has 0 radical (unpaired) electrons. The zero-order valence-electron chi connectivity index (χ0n) is 14.1. The molecule has 0 saturated heterocycles. The summed E-state index contributed by atoms with van der Waals surface area (Å²) in [7, 11) is 3.32. The Labute approximate surface area is 144 Å². The number of nitrogen functional groups attached to an aromatic ring is 1.